The zero-order valence-corrected chi connectivity index (χ0v) is 15.1. The minimum atomic E-state index is -0.152. The second-order valence-electron chi connectivity index (χ2n) is 6.60. The van der Waals surface area contributed by atoms with Crippen LogP contribution in [0, 0.1) is 12.8 Å². The summed E-state index contributed by atoms with van der Waals surface area (Å²) >= 11 is 1.67. The third kappa shape index (κ3) is 3.36. The van der Waals surface area contributed by atoms with Gasteiger partial charge >= 0.3 is 5.97 Å². The largest absolute Gasteiger partial charge is 0.469 e. The Hall–Kier alpha value is -1.75. The van der Waals surface area contributed by atoms with Crippen molar-refractivity contribution < 1.29 is 14.3 Å². The molecule has 1 heterocycles. The highest BCUT2D eigenvalue weighted by Crippen LogP contribution is 2.43. The number of methoxy groups -OCH3 is 1. The van der Waals surface area contributed by atoms with Crippen molar-refractivity contribution in [1.82, 2.24) is 4.90 Å². The van der Waals surface area contributed by atoms with Crippen LogP contribution in [0.4, 0.5) is 0 Å². The van der Waals surface area contributed by atoms with Crippen LogP contribution in [0.25, 0.3) is 6.08 Å². The van der Waals surface area contributed by atoms with E-state index in [1.165, 1.54) is 12.7 Å². The zero-order valence-electron chi connectivity index (χ0n) is 14.3. The maximum Gasteiger partial charge on any atom is 0.308 e. The fourth-order valence-corrected chi connectivity index (χ4v) is 5.07. The Balaban J connectivity index is 1.80. The van der Waals surface area contributed by atoms with E-state index in [4.69, 9.17) is 4.74 Å². The Bertz CT molecular complexity index is 685. The second-order valence-corrected chi connectivity index (χ2v) is 7.88. The summed E-state index contributed by atoms with van der Waals surface area (Å²) in [6.45, 7) is 2.05. The van der Waals surface area contributed by atoms with Crippen LogP contribution in [-0.4, -0.2) is 42.2 Å². The van der Waals surface area contributed by atoms with E-state index in [9.17, 15) is 9.59 Å². The number of hydrogen-bond donors (Lipinski definition) is 0. The van der Waals surface area contributed by atoms with Gasteiger partial charge in [0, 0.05) is 18.3 Å². The van der Waals surface area contributed by atoms with E-state index in [0.717, 1.165) is 23.3 Å². The van der Waals surface area contributed by atoms with Crippen LogP contribution in [0.1, 0.15) is 30.4 Å². The third-order valence-corrected chi connectivity index (χ3v) is 6.34. The highest BCUT2D eigenvalue weighted by atomic mass is 32.2. The lowest BCUT2D eigenvalue weighted by Crippen LogP contribution is -2.51. The van der Waals surface area contributed by atoms with E-state index in [1.807, 2.05) is 43.1 Å². The highest BCUT2D eigenvalue weighted by molar-refractivity contribution is 8.04. The monoisotopic (exact) mass is 345 g/mol. The van der Waals surface area contributed by atoms with Crippen molar-refractivity contribution in [2.24, 2.45) is 5.92 Å². The number of benzene rings is 1. The van der Waals surface area contributed by atoms with E-state index >= 15 is 0 Å². The fraction of sp³-hybridized carbons (Fsp3) is 0.474. The molecule has 24 heavy (non-hydrogen) atoms. The summed E-state index contributed by atoms with van der Waals surface area (Å²) in [5, 5.41) is 0.352. The number of aryl methyl sites for hydroxylation is 1. The molecule has 0 radical (unpaired) electrons. The van der Waals surface area contributed by atoms with Crippen molar-refractivity contribution in [3.8, 4) is 0 Å². The van der Waals surface area contributed by atoms with Gasteiger partial charge in [-0.15, -0.1) is 11.8 Å². The van der Waals surface area contributed by atoms with Crippen LogP contribution in [0.2, 0.25) is 0 Å². The number of rotatable bonds is 2. The number of ether oxygens (including phenoxy) is 1. The summed E-state index contributed by atoms with van der Waals surface area (Å²) in [6, 6.07) is 8.27. The maximum atomic E-state index is 12.7. The van der Waals surface area contributed by atoms with E-state index in [1.54, 1.807) is 11.8 Å². The van der Waals surface area contributed by atoms with Gasteiger partial charge in [-0.1, -0.05) is 29.8 Å². The zero-order chi connectivity index (χ0) is 17.3. The van der Waals surface area contributed by atoms with Crippen molar-refractivity contribution in [3.05, 3.63) is 40.3 Å². The Morgan fingerprint density at radius 3 is 2.88 bits per heavy atom. The summed E-state index contributed by atoms with van der Waals surface area (Å²) in [5.41, 5.74) is 2.24. The number of likely N-dealkylation sites (N-methyl/N-ethyl adjacent to an activating group) is 1. The van der Waals surface area contributed by atoms with Crippen molar-refractivity contribution in [2.75, 3.05) is 14.2 Å². The number of hydrogen-bond acceptors (Lipinski definition) is 4. The van der Waals surface area contributed by atoms with E-state index in [-0.39, 0.29) is 23.8 Å². The molecule has 3 rings (SSSR count). The fourth-order valence-electron chi connectivity index (χ4n) is 3.59. The molecule has 2 aliphatic rings. The van der Waals surface area contributed by atoms with E-state index in [0.29, 0.717) is 11.7 Å². The van der Waals surface area contributed by atoms with Gasteiger partial charge in [-0.2, -0.15) is 0 Å². The SMILES string of the molecule is COC(=O)C1CCC2S/C(=C/c3cccc(C)c3)C(=O)N(C)C2C1. The summed E-state index contributed by atoms with van der Waals surface area (Å²) in [5.74, 6) is -0.192. The minimum Gasteiger partial charge on any atom is -0.469 e. The molecule has 1 saturated carbocycles. The number of esters is 1. The summed E-state index contributed by atoms with van der Waals surface area (Å²) in [4.78, 5) is 27.2. The lowest BCUT2D eigenvalue weighted by atomic mass is 9.84. The Labute approximate surface area is 147 Å². The van der Waals surface area contributed by atoms with Gasteiger partial charge in [0.2, 0.25) is 0 Å². The van der Waals surface area contributed by atoms with Gasteiger partial charge in [-0.05, 0) is 37.8 Å². The second kappa shape index (κ2) is 7.01. The molecule has 1 aromatic rings. The minimum absolute atomic E-state index is 0.0493. The average molecular weight is 345 g/mol. The first kappa shape index (κ1) is 17.1. The third-order valence-electron chi connectivity index (χ3n) is 4.94. The topological polar surface area (TPSA) is 46.6 Å². The van der Waals surface area contributed by atoms with Crippen molar-refractivity contribution in [3.63, 3.8) is 0 Å². The number of nitrogens with zero attached hydrogens (tertiary/aromatic N) is 1. The summed E-state index contributed by atoms with van der Waals surface area (Å²) in [6.07, 6.45) is 4.45. The van der Waals surface area contributed by atoms with Crippen LogP contribution in [0.5, 0.6) is 0 Å². The molecule has 1 saturated heterocycles. The standard InChI is InChI=1S/C19H23NO3S/c1-12-5-4-6-13(9-12)10-17-18(21)20(2)15-11-14(19(22)23-3)7-8-16(15)24-17/h4-6,9-10,14-16H,7-8,11H2,1-3H3/b17-10+. The molecule has 1 aliphatic heterocycles. The number of carbonyl (C=O) groups is 2. The van der Waals surface area contributed by atoms with Crippen LogP contribution in [0.15, 0.2) is 29.2 Å². The van der Waals surface area contributed by atoms with Crippen molar-refractivity contribution >= 4 is 29.7 Å². The Morgan fingerprint density at radius 2 is 2.17 bits per heavy atom. The summed E-state index contributed by atoms with van der Waals surface area (Å²) in [7, 11) is 3.28. The van der Waals surface area contributed by atoms with E-state index < -0.39 is 0 Å². The molecule has 0 N–H and O–H groups in total. The van der Waals surface area contributed by atoms with Gasteiger partial charge in [0.15, 0.2) is 0 Å². The Kier molecular flexibility index (Phi) is 4.99. The first-order valence-electron chi connectivity index (χ1n) is 8.29. The molecule has 1 aliphatic carbocycles. The lowest BCUT2D eigenvalue weighted by Gasteiger charge is -2.44. The number of amides is 1. The molecule has 5 heteroatoms. The molecule has 2 fully saturated rings. The molecule has 0 bridgehead atoms. The maximum absolute atomic E-state index is 12.7. The molecule has 0 spiro atoms. The smallest absolute Gasteiger partial charge is 0.308 e. The van der Waals surface area contributed by atoms with Crippen molar-refractivity contribution in [1.29, 1.82) is 0 Å². The first-order valence-corrected chi connectivity index (χ1v) is 9.17. The summed E-state index contributed by atoms with van der Waals surface area (Å²) < 4.78 is 4.88. The molecule has 0 aromatic heterocycles. The molecular weight excluding hydrogens is 322 g/mol. The Morgan fingerprint density at radius 1 is 1.38 bits per heavy atom. The van der Waals surface area contributed by atoms with Gasteiger partial charge in [-0.3, -0.25) is 9.59 Å². The molecule has 4 nitrogen and oxygen atoms in total. The predicted molar refractivity (Wildman–Crippen MR) is 96.5 cm³/mol. The lowest BCUT2D eigenvalue weighted by molar-refractivity contribution is -0.148. The van der Waals surface area contributed by atoms with E-state index in [2.05, 4.69) is 6.07 Å². The molecule has 1 aromatic carbocycles. The van der Waals surface area contributed by atoms with Crippen LogP contribution < -0.4 is 0 Å². The van der Waals surface area contributed by atoms with Gasteiger partial charge in [0.25, 0.3) is 5.91 Å². The van der Waals surface area contributed by atoms with Crippen molar-refractivity contribution in [2.45, 2.75) is 37.5 Å². The van der Waals surface area contributed by atoms with Gasteiger partial charge < -0.3 is 9.64 Å². The average Bonchev–Trinajstić information content (AvgIpc) is 2.58. The number of fused-ring (bicyclic) bond motifs is 1. The first-order chi connectivity index (χ1) is 11.5. The van der Waals surface area contributed by atoms with Crippen LogP contribution in [-0.2, 0) is 14.3 Å². The molecule has 3 atom stereocenters. The quantitative estimate of drug-likeness (QED) is 0.610. The van der Waals surface area contributed by atoms with Crippen LogP contribution >= 0.6 is 11.8 Å². The highest BCUT2D eigenvalue weighted by Gasteiger charge is 2.43. The van der Waals surface area contributed by atoms with Gasteiger partial charge in [0.1, 0.15) is 0 Å². The molecule has 128 valence electrons. The van der Waals surface area contributed by atoms with Gasteiger partial charge in [0.05, 0.1) is 17.9 Å². The van der Waals surface area contributed by atoms with Crippen LogP contribution in [0.3, 0.4) is 0 Å². The normalized spacial score (nSPS) is 28.6. The molecule has 3 unspecified atom stereocenters. The molecular formula is C19H23NO3S. The molecule has 1 amide bonds. The number of carbonyl (C=O) groups excluding carboxylic acids is 2. The number of thioether (sulfide) groups is 1. The predicted octanol–water partition coefficient (Wildman–Crippen LogP) is 3.25. The van der Waals surface area contributed by atoms with Gasteiger partial charge in [-0.25, -0.2) is 0 Å².